The molecule has 2 N–H and O–H groups in total. The number of hydrogen-bond acceptors (Lipinski definition) is 5. The first-order valence-electron chi connectivity index (χ1n) is 13.7. The molecule has 0 aromatic heterocycles. The lowest BCUT2D eigenvalue weighted by Gasteiger charge is -2.32. The third-order valence-corrected chi connectivity index (χ3v) is 7.82. The summed E-state index contributed by atoms with van der Waals surface area (Å²) in [4.78, 5) is 31.5. The van der Waals surface area contributed by atoms with Crippen molar-refractivity contribution in [1.29, 1.82) is 0 Å². The van der Waals surface area contributed by atoms with Crippen molar-refractivity contribution >= 4 is 22.6 Å². The van der Waals surface area contributed by atoms with Crippen molar-refractivity contribution in [3.05, 3.63) is 83.4 Å². The van der Waals surface area contributed by atoms with Gasteiger partial charge in [0.1, 0.15) is 0 Å². The molecule has 3 aromatic rings. The fraction of sp³-hybridized carbons (Fsp3) is 0.419. The monoisotopic (exact) mass is 515 g/mol. The molecule has 0 spiro atoms. The van der Waals surface area contributed by atoms with Gasteiger partial charge in [-0.1, -0.05) is 61.0 Å². The number of amides is 2. The number of carbonyl (C=O) groups is 2. The molecule has 1 aliphatic carbocycles. The number of rotatable bonds is 8. The Morgan fingerprint density at radius 1 is 1.00 bits per heavy atom. The number of ether oxygens (including phenoxy) is 1. The molecule has 2 aliphatic rings. The number of hydrogen-bond donors (Lipinski definition) is 2. The van der Waals surface area contributed by atoms with Gasteiger partial charge >= 0.3 is 0 Å². The fourth-order valence-corrected chi connectivity index (χ4v) is 5.75. The van der Waals surface area contributed by atoms with Crippen LogP contribution in [0, 0.1) is 0 Å². The quantitative estimate of drug-likeness (QED) is 0.424. The number of nitrogens with zero attached hydrogens (tertiary/aromatic N) is 1. The minimum atomic E-state index is -0.349. The van der Waals surface area contributed by atoms with Gasteiger partial charge in [0.15, 0.2) is 6.61 Å². The molecule has 2 amide bonds. The van der Waals surface area contributed by atoms with Crippen LogP contribution in [-0.2, 0) is 14.4 Å². The van der Waals surface area contributed by atoms with Gasteiger partial charge < -0.3 is 15.0 Å². The highest BCUT2D eigenvalue weighted by molar-refractivity contribution is 5.93. The van der Waals surface area contributed by atoms with Gasteiger partial charge in [0.25, 0.3) is 11.8 Å². The van der Waals surface area contributed by atoms with Crippen molar-refractivity contribution in [2.24, 2.45) is 0 Å². The summed E-state index contributed by atoms with van der Waals surface area (Å²) in [6, 6.07) is 23.6. The van der Waals surface area contributed by atoms with E-state index in [0.29, 0.717) is 43.8 Å². The molecule has 1 unspecified atom stereocenters. The molecule has 7 nitrogen and oxygen atoms in total. The summed E-state index contributed by atoms with van der Waals surface area (Å²) in [5, 5.41) is 6.48. The molecule has 5 rings (SSSR count). The first-order valence-corrected chi connectivity index (χ1v) is 13.7. The number of carbonyl (C=O) groups excluding carboxylic acids is 2. The number of hydroxylamine groups is 1. The smallest absolute Gasteiger partial charge is 0.274 e. The predicted molar refractivity (Wildman–Crippen MR) is 148 cm³/mol. The maximum atomic E-state index is 12.5. The molecule has 2 fully saturated rings. The molecule has 3 aromatic carbocycles. The number of morpholine rings is 1. The Bertz CT molecular complexity index is 1230. The summed E-state index contributed by atoms with van der Waals surface area (Å²) in [7, 11) is 0. The second-order valence-corrected chi connectivity index (χ2v) is 10.4. The van der Waals surface area contributed by atoms with Crippen LogP contribution < -0.4 is 10.8 Å². The Morgan fingerprint density at radius 2 is 1.76 bits per heavy atom. The Labute approximate surface area is 224 Å². The van der Waals surface area contributed by atoms with E-state index in [1.807, 2.05) is 12.1 Å². The van der Waals surface area contributed by atoms with Gasteiger partial charge in [-0.15, -0.1) is 0 Å². The molecule has 7 heteroatoms. The van der Waals surface area contributed by atoms with E-state index < -0.39 is 0 Å². The lowest BCUT2D eigenvalue weighted by Crippen LogP contribution is -2.43. The van der Waals surface area contributed by atoms with Gasteiger partial charge in [-0.25, -0.2) is 5.48 Å². The molecule has 1 aliphatic heterocycles. The van der Waals surface area contributed by atoms with Crippen LogP contribution >= 0.6 is 0 Å². The number of nitrogens with one attached hydrogen (secondary N) is 2. The first kappa shape index (κ1) is 26.4. The van der Waals surface area contributed by atoms with E-state index in [-0.39, 0.29) is 24.5 Å². The molecule has 1 saturated heterocycles. The van der Waals surface area contributed by atoms with Crippen LogP contribution in [-0.4, -0.2) is 55.7 Å². The Hall–Kier alpha value is -3.26. The van der Waals surface area contributed by atoms with E-state index in [1.54, 1.807) is 4.90 Å². The third kappa shape index (κ3) is 6.41. The second-order valence-electron chi connectivity index (χ2n) is 10.4. The summed E-state index contributed by atoms with van der Waals surface area (Å²) in [5.74, 6) is -0.0434. The minimum absolute atomic E-state index is 0.154. The lowest BCUT2D eigenvalue weighted by atomic mass is 9.80. The van der Waals surface area contributed by atoms with E-state index in [1.165, 1.54) is 34.7 Å². The summed E-state index contributed by atoms with van der Waals surface area (Å²) in [6.45, 7) is 4.25. The van der Waals surface area contributed by atoms with Gasteiger partial charge in [-0.3, -0.25) is 14.4 Å². The largest absolute Gasteiger partial charge is 0.378 e. The third-order valence-electron chi connectivity index (χ3n) is 7.82. The van der Waals surface area contributed by atoms with E-state index in [0.717, 1.165) is 12.8 Å². The summed E-state index contributed by atoms with van der Waals surface area (Å²) in [5.41, 5.74) is 5.51. The van der Waals surface area contributed by atoms with E-state index in [2.05, 4.69) is 72.3 Å². The van der Waals surface area contributed by atoms with Crippen molar-refractivity contribution in [2.45, 2.75) is 50.6 Å². The molecule has 0 radical (unpaired) electrons. The zero-order chi connectivity index (χ0) is 26.3. The number of benzene rings is 3. The Balaban J connectivity index is 1.13. The highest BCUT2D eigenvalue weighted by Crippen LogP contribution is 2.34. The summed E-state index contributed by atoms with van der Waals surface area (Å²) in [6.07, 6.45) is 4.58. The normalized spacial score (nSPS) is 20.7. The van der Waals surface area contributed by atoms with Crippen LogP contribution in [0.15, 0.2) is 66.7 Å². The van der Waals surface area contributed by atoms with Crippen molar-refractivity contribution in [1.82, 2.24) is 15.7 Å². The minimum Gasteiger partial charge on any atom is -0.378 e. The molecule has 38 heavy (non-hydrogen) atoms. The molecule has 3 atom stereocenters. The van der Waals surface area contributed by atoms with Crippen molar-refractivity contribution in [3.63, 3.8) is 0 Å². The van der Waals surface area contributed by atoms with Gasteiger partial charge in [-0.05, 0) is 66.1 Å². The highest BCUT2D eigenvalue weighted by atomic mass is 16.7. The fourth-order valence-electron chi connectivity index (χ4n) is 5.75. The van der Waals surface area contributed by atoms with Gasteiger partial charge in [0.2, 0.25) is 0 Å². The average molecular weight is 516 g/mol. The maximum Gasteiger partial charge on any atom is 0.274 e. The molecule has 1 saturated carbocycles. The van der Waals surface area contributed by atoms with Crippen LogP contribution in [0.5, 0.6) is 0 Å². The zero-order valence-corrected chi connectivity index (χ0v) is 22.0. The SMILES string of the molecule is C[C@@H](NC1CCC[C@H](c2ccc(C(=O)NOCC(=O)N3CCOCC3)cc2)C1)c1cccc2ccccc12. The lowest BCUT2D eigenvalue weighted by molar-refractivity contribution is -0.142. The predicted octanol–water partition coefficient (Wildman–Crippen LogP) is 4.74. The van der Waals surface area contributed by atoms with E-state index in [9.17, 15) is 9.59 Å². The molecule has 0 bridgehead atoms. The second kappa shape index (κ2) is 12.5. The van der Waals surface area contributed by atoms with E-state index in [4.69, 9.17) is 9.57 Å². The van der Waals surface area contributed by atoms with Crippen molar-refractivity contribution < 1.29 is 19.2 Å². The topological polar surface area (TPSA) is 79.9 Å². The summed E-state index contributed by atoms with van der Waals surface area (Å²) < 4.78 is 5.25. The van der Waals surface area contributed by atoms with Crippen LogP contribution in [0.1, 0.15) is 66.1 Å². The Kier molecular flexibility index (Phi) is 8.68. The maximum absolute atomic E-state index is 12.5. The first-order chi connectivity index (χ1) is 18.6. The average Bonchev–Trinajstić information content (AvgIpc) is 2.97. The van der Waals surface area contributed by atoms with Crippen LogP contribution in [0.25, 0.3) is 10.8 Å². The van der Waals surface area contributed by atoms with Crippen molar-refractivity contribution in [3.8, 4) is 0 Å². The van der Waals surface area contributed by atoms with Crippen LogP contribution in [0.3, 0.4) is 0 Å². The zero-order valence-electron chi connectivity index (χ0n) is 22.0. The van der Waals surface area contributed by atoms with Gasteiger partial charge in [0.05, 0.1) is 13.2 Å². The van der Waals surface area contributed by atoms with Gasteiger partial charge in [0, 0.05) is 30.7 Å². The number of fused-ring (bicyclic) bond motifs is 1. The van der Waals surface area contributed by atoms with Gasteiger partial charge in [-0.2, -0.15) is 0 Å². The molecule has 200 valence electrons. The van der Waals surface area contributed by atoms with Crippen LogP contribution in [0.2, 0.25) is 0 Å². The van der Waals surface area contributed by atoms with E-state index >= 15 is 0 Å². The molecule has 1 heterocycles. The molecular formula is C31H37N3O4. The van der Waals surface area contributed by atoms with Crippen molar-refractivity contribution in [2.75, 3.05) is 32.9 Å². The Morgan fingerprint density at radius 3 is 2.58 bits per heavy atom. The van der Waals surface area contributed by atoms with Crippen LogP contribution in [0.4, 0.5) is 0 Å². The summed E-state index contributed by atoms with van der Waals surface area (Å²) >= 11 is 0. The highest BCUT2D eigenvalue weighted by Gasteiger charge is 2.25. The molecular weight excluding hydrogens is 478 g/mol. The standard InChI is InChI=1S/C31H37N3O4/c1-22(28-11-5-7-24-6-2-3-10-29(24)28)32-27-9-4-8-26(20-27)23-12-14-25(15-13-23)31(36)33-38-21-30(35)34-16-18-37-19-17-34/h2-3,5-7,10-15,22,26-27,32H,4,8-9,16-21H2,1H3,(H,33,36)/t22-,26+,27?/m1/s1.